The molecule has 146 valence electrons. The number of hydrogen-bond acceptors (Lipinski definition) is 7. The Morgan fingerprint density at radius 3 is 2.76 bits per heavy atom. The summed E-state index contributed by atoms with van der Waals surface area (Å²) in [7, 11) is 0. The smallest absolute Gasteiger partial charge is 0.325 e. The lowest BCUT2D eigenvalue weighted by atomic mass is 10.2. The summed E-state index contributed by atoms with van der Waals surface area (Å²) in [5, 5.41) is 26.5. The van der Waals surface area contributed by atoms with Crippen LogP contribution in [0, 0.1) is 12.3 Å². The second-order valence-corrected chi connectivity index (χ2v) is 7.18. The summed E-state index contributed by atoms with van der Waals surface area (Å²) in [4.78, 5) is 32.4. The Bertz CT molecular complexity index is 1270. The number of benzene rings is 1. The summed E-state index contributed by atoms with van der Waals surface area (Å²) in [5.41, 5.74) is 1.37. The van der Waals surface area contributed by atoms with Crippen LogP contribution in [0.25, 0.3) is 16.8 Å². The maximum atomic E-state index is 11.9. The molecule has 9 nitrogen and oxygen atoms in total. The number of thiazole rings is 1. The third kappa shape index (κ3) is 3.52. The van der Waals surface area contributed by atoms with Crippen LogP contribution in [0.2, 0.25) is 0 Å². The summed E-state index contributed by atoms with van der Waals surface area (Å²) in [6.45, 7) is 1.57. The molecule has 0 unspecified atom stereocenters. The normalized spacial score (nSPS) is 14.4. The number of hydrazone groups is 1. The molecule has 29 heavy (non-hydrogen) atoms. The van der Waals surface area contributed by atoms with Gasteiger partial charge >= 0.3 is 5.69 Å². The molecule has 4 N–H and O–H groups in total. The zero-order valence-electron chi connectivity index (χ0n) is 15.3. The van der Waals surface area contributed by atoms with Crippen LogP contribution < -0.4 is 11.2 Å². The zero-order chi connectivity index (χ0) is 20.5. The molecule has 1 aromatic carbocycles. The number of aliphatic hydroxyl groups excluding tert-OH is 1. The van der Waals surface area contributed by atoms with E-state index < -0.39 is 11.2 Å². The Morgan fingerprint density at radius 1 is 1.28 bits per heavy atom. The van der Waals surface area contributed by atoms with Crippen molar-refractivity contribution < 1.29 is 5.11 Å². The summed E-state index contributed by atoms with van der Waals surface area (Å²) >= 11 is 1.33. The molecule has 4 rings (SSSR count). The lowest BCUT2D eigenvalue weighted by Gasteiger charge is -2.11. The van der Waals surface area contributed by atoms with Crippen molar-refractivity contribution in [3.8, 4) is 11.3 Å². The molecule has 2 aromatic heterocycles. The Morgan fingerprint density at radius 2 is 2.03 bits per heavy atom. The number of H-pyrrole nitrogens is 2. The predicted octanol–water partition coefficient (Wildman–Crippen LogP) is 2.09. The average molecular weight is 408 g/mol. The van der Waals surface area contributed by atoms with Crippen LogP contribution in [0.1, 0.15) is 16.3 Å². The van der Waals surface area contributed by atoms with Crippen molar-refractivity contribution >= 4 is 29.0 Å². The molecule has 0 aliphatic carbocycles. The number of hydrogen-bond donors (Lipinski definition) is 4. The average Bonchev–Trinajstić information content (AvgIpc) is 3.26. The van der Waals surface area contributed by atoms with Gasteiger partial charge in [0, 0.05) is 16.6 Å². The summed E-state index contributed by atoms with van der Waals surface area (Å²) < 4.78 is 0. The maximum absolute atomic E-state index is 11.9. The molecule has 1 aliphatic rings. The van der Waals surface area contributed by atoms with Gasteiger partial charge in [0.1, 0.15) is 17.3 Å². The van der Waals surface area contributed by atoms with Gasteiger partial charge in [-0.05, 0) is 6.92 Å². The van der Waals surface area contributed by atoms with Gasteiger partial charge in [-0.1, -0.05) is 30.3 Å². The van der Waals surface area contributed by atoms with Crippen molar-refractivity contribution in [1.29, 1.82) is 5.41 Å². The van der Waals surface area contributed by atoms with Crippen molar-refractivity contribution in [2.75, 3.05) is 6.54 Å². The quantitative estimate of drug-likeness (QED) is 0.490. The number of nitrogens with zero attached hydrogens (tertiary/aromatic N) is 3. The first kappa shape index (κ1) is 18.6. The molecular weight excluding hydrogens is 392 g/mol. The summed E-state index contributed by atoms with van der Waals surface area (Å²) in [6.07, 6.45) is 1.26. The van der Waals surface area contributed by atoms with E-state index in [0.29, 0.717) is 16.3 Å². The first-order chi connectivity index (χ1) is 13.9. The topological polar surface area (TPSA) is 138 Å². The van der Waals surface area contributed by atoms with Gasteiger partial charge in [0.15, 0.2) is 5.84 Å². The van der Waals surface area contributed by atoms with E-state index in [9.17, 15) is 14.7 Å². The molecule has 0 fully saturated rings. The number of aromatic nitrogens is 3. The van der Waals surface area contributed by atoms with E-state index >= 15 is 0 Å². The van der Waals surface area contributed by atoms with Crippen molar-refractivity contribution in [2.24, 2.45) is 5.10 Å². The van der Waals surface area contributed by atoms with E-state index in [0.717, 1.165) is 11.3 Å². The highest BCUT2D eigenvalue weighted by Gasteiger charge is 2.30. The minimum Gasteiger partial charge on any atom is -0.509 e. The van der Waals surface area contributed by atoms with Crippen molar-refractivity contribution in [1.82, 2.24) is 20.0 Å². The van der Waals surface area contributed by atoms with Crippen molar-refractivity contribution in [3.63, 3.8) is 0 Å². The predicted molar refractivity (Wildman–Crippen MR) is 112 cm³/mol. The van der Waals surface area contributed by atoms with Gasteiger partial charge < -0.3 is 10.1 Å². The number of nitrogens with one attached hydrogen (secondary N) is 3. The van der Waals surface area contributed by atoms with Crippen LogP contribution in [0.5, 0.6) is 0 Å². The number of aromatic amines is 2. The van der Waals surface area contributed by atoms with E-state index in [1.54, 1.807) is 6.92 Å². The largest absolute Gasteiger partial charge is 0.509 e. The molecular formula is C19H16N6O3S. The molecule has 0 saturated carbocycles. The highest BCUT2D eigenvalue weighted by Crippen LogP contribution is 2.32. The Hall–Kier alpha value is -3.79. The fourth-order valence-corrected chi connectivity index (χ4v) is 3.81. The van der Waals surface area contributed by atoms with E-state index in [1.807, 2.05) is 35.7 Å². The fraction of sp³-hybridized carbons (Fsp3) is 0.105. The molecule has 10 heteroatoms. The van der Waals surface area contributed by atoms with Crippen molar-refractivity contribution in [3.05, 3.63) is 78.6 Å². The number of rotatable bonds is 4. The summed E-state index contributed by atoms with van der Waals surface area (Å²) in [6, 6.07) is 9.63. The molecule has 3 heterocycles. The molecule has 0 radical (unpaired) electrons. The molecule has 3 aromatic rings. The van der Waals surface area contributed by atoms with E-state index in [2.05, 4.69) is 20.1 Å². The minimum atomic E-state index is -0.599. The zero-order valence-corrected chi connectivity index (χ0v) is 16.1. The second-order valence-electron chi connectivity index (χ2n) is 6.32. The SMILES string of the molecule is Cc1[nH]c(=O)[nH]c(=O)c1/C=N/N1CC(O)=C(c2nc(-c3ccccc3)cs2)C1=N. The van der Waals surface area contributed by atoms with Gasteiger partial charge in [0.2, 0.25) is 0 Å². The third-order valence-electron chi connectivity index (χ3n) is 4.37. The van der Waals surface area contributed by atoms with Crippen LogP contribution in [0.15, 0.2) is 56.2 Å². The van der Waals surface area contributed by atoms with Crippen LogP contribution >= 0.6 is 11.3 Å². The standard InChI is InChI=1S/C19H16N6O3S/c1-10-12(17(27)24-19(28)22-10)7-21-25-8-14(26)15(16(25)20)18-23-13(9-29-18)11-5-3-2-4-6-11/h2-7,9,20,26H,8H2,1H3,(H2,22,24,27,28)/b20-16?,21-7+. The van der Waals surface area contributed by atoms with E-state index in [4.69, 9.17) is 5.41 Å². The highest BCUT2D eigenvalue weighted by atomic mass is 32.1. The molecule has 0 bridgehead atoms. The molecule has 0 spiro atoms. The molecule has 0 amide bonds. The first-order valence-corrected chi connectivity index (χ1v) is 9.49. The second kappa shape index (κ2) is 7.32. The number of aryl methyl sites for hydroxylation is 1. The number of aliphatic hydroxyl groups is 1. The molecule has 0 saturated heterocycles. The van der Waals surface area contributed by atoms with Gasteiger partial charge in [-0.15, -0.1) is 11.3 Å². The monoisotopic (exact) mass is 408 g/mol. The maximum Gasteiger partial charge on any atom is 0.325 e. The minimum absolute atomic E-state index is 0.00871. The highest BCUT2D eigenvalue weighted by molar-refractivity contribution is 7.11. The lowest BCUT2D eigenvalue weighted by molar-refractivity contribution is 0.358. The van der Waals surface area contributed by atoms with Crippen LogP contribution in [-0.4, -0.2) is 43.7 Å². The van der Waals surface area contributed by atoms with Gasteiger partial charge in [-0.2, -0.15) is 5.10 Å². The van der Waals surface area contributed by atoms with Gasteiger partial charge in [-0.3, -0.25) is 15.2 Å². The van der Waals surface area contributed by atoms with Gasteiger partial charge in [0.25, 0.3) is 5.56 Å². The van der Waals surface area contributed by atoms with Crippen LogP contribution in [0.4, 0.5) is 0 Å². The fourth-order valence-electron chi connectivity index (χ4n) is 2.91. The Balaban J connectivity index is 1.59. The lowest BCUT2D eigenvalue weighted by Crippen LogP contribution is -2.28. The molecule has 0 atom stereocenters. The number of amidine groups is 1. The van der Waals surface area contributed by atoms with Crippen molar-refractivity contribution in [2.45, 2.75) is 6.92 Å². The summed E-state index contributed by atoms with van der Waals surface area (Å²) in [5.74, 6) is -0.0422. The third-order valence-corrected chi connectivity index (χ3v) is 5.23. The molecule has 1 aliphatic heterocycles. The first-order valence-electron chi connectivity index (χ1n) is 8.61. The Labute approximate surface area is 168 Å². The van der Waals surface area contributed by atoms with Crippen LogP contribution in [-0.2, 0) is 0 Å². The van der Waals surface area contributed by atoms with Crippen LogP contribution in [0.3, 0.4) is 0 Å². The van der Waals surface area contributed by atoms with E-state index in [-0.39, 0.29) is 23.7 Å². The van der Waals surface area contributed by atoms with Gasteiger partial charge in [-0.25, -0.2) is 14.8 Å². The van der Waals surface area contributed by atoms with Gasteiger partial charge in [0.05, 0.1) is 23.0 Å². The van der Waals surface area contributed by atoms with E-state index in [1.165, 1.54) is 22.6 Å². The Kier molecular flexibility index (Phi) is 4.69.